The van der Waals surface area contributed by atoms with E-state index in [1.165, 1.54) is 6.07 Å². The Balaban J connectivity index is 1.47. The quantitative estimate of drug-likeness (QED) is 0.502. The molecule has 1 saturated heterocycles. The van der Waals surface area contributed by atoms with Gasteiger partial charge in [0.2, 0.25) is 0 Å². The minimum absolute atomic E-state index is 0.218. The minimum Gasteiger partial charge on any atom is -0.369 e. The number of halogens is 3. The smallest absolute Gasteiger partial charge is 0.369 e. The van der Waals surface area contributed by atoms with E-state index in [1.807, 2.05) is 4.90 Å². The van der Waals surface area contributed by atoms with Crippen LogP contribution in [0.4, 0.5) is 24.5 Å². The molecule has 162 valence electrons. The molecule has 1 aromatic heterocycles. The molecule has 8 nitrogen and oxygen atoms in total. The van der Waals surface area contributed by atoms with Crippen molar-refractivity contribution in [2.24, 2.45) is 0 Å². The fourth-order valence-electron chi connectivity index (χ4n) is 3.69. The van der Waals surface area contributed by atoms with Crippen molar-refractivity contribution >= 4 is 22.3 Å². The van der Waals surface area contributed by atoms with E-state index >= 15 is 0 Å². The van der Waals surface area contributed by atoms with Gasteiger partial charge in [-0.25, -0.2) is 4.98 Å². The lowest BCUT2D eigenvalue weighted by Crippen LogP contribution is -2.46. The normalized spacial score (nSPS) is 15.4. The predicted octanol–water partition coefficient (Wildman–Crippen LogP) is 3.17. The second-order valence-corrected chi connectivity index (χ2v) is 7.25. The summed E-state index contributed by atoms with van der Waals surface area (Å²) in [5, 5.41) is 11.4. The summed E-state index contributed by atoms with van der Waals surface area (Å²) in [6, 6.07) is 10.1. The maximum absolute atomic E-state index is 13.2. The van der Waals surface area contributed by atoms with Gasteiger partial charge in [0.1, 0.15) is 11.4 Å². The Morgan fingerprint density at radius 1 is 1.10 bits per heavy atom. The molecule has 0 unspecified atom stereocenters. The summed E-state index contributed by atoms with van der Waals surface area (Å²) in [5.41, 5.74) is -1.54. The molecule has 1 aliphatic rings. The lowest BCUT2D eigenvalue weighted by molar-refractivity contribution is -0.388. The number of benzene rings is 2. The molecule has 4 rings (SSSR count). The molecule has 1 N–H and O–H groups in total. The van der Waals surface area contributed by atoms with Crippen LogP contribution in [0.15, 0.2) is 47.3 Å². The van der Waals surface area contributed by atoms with Crippen molar-refractivity contribution in [3.63, 3.8) is 0 Å². The maximum atomic E-state index is 13.2. The van der Waals surface area contributed by atoms with Gasteiger partial charge in [-0.3, -0.25) is 19.8 Å². The number of para-hydroxylation sites is 1. The molecule has 0 saturated carbocycles. The summed E-state index contributed by atoms with van der Waals surface area (Å²) in [4.78, 5) is 33.2. The standard InChI is InChI=1S/C20H18F3N5O3/c21-20(22,23)15-11-13(5-6-17(15)28(30)31)27-9-7-26(8-10-27)12-18-24-16-4-2-1-3-14(16)19(29)25-18/h1-6,11H,7-10,12H2,(H,24,25,29). The number of nitrogens with zero attached hydrogens (tertiary/aromatic N) is 4. The number of rotatable bonds is 4. The van der Waals surface area contributed by atoms with Crippen LogP contribution >= 0.6 is 0 Å². The highest BCUT2D eigenvalue weighted by molar-refractivity contribution is 5.77. The number of nitro groups is 1. The number of fused-ring (bicyclic) bond motifs is 1. The Hall–Kier alpha value is -3.47. The number of anilines is 1. The zero-order valence-corrected chi connectivity index (χ0v) is 16.2. The Morgan fingerprint density at radius 3 is 2.48 bits per heavy atom. The van der Waals surface area contributed by atoms with E-state index in [9.17, 15) is 28.1 Å². The molecule has 11 heteroatoms. The summed E-state index contributed by atoms with van der Waals surface area (Å²) in [5.74, 6) is 0.520. The van der Waals surface area contributed by atoms with Gasteiger partial charge in [0.05, 0.1) is 22.4 Å². The van der Waals surface area contributed by atoms with Crippen molar-refractivity contribution in [2.45, 2.75) is 12.7 Å². The van der Waals surface area contributed by atoms with Crippen LogP contribution in [0.1, 0.15) is 11.4 Å². The molecular weight excluding hydrogens is 415 g/mol. The average molecular weight is 433 g/mol. The van der Waals surface area contributed by atoms with Gasteiger partial charge in [0.15, 0.2) is 0 Å². The highest BCUT2D eigenvalue weighted by Gasteiger charge is 2.39. The molecule has 0 atom stereocenters. The average Bonchev–Trinajstić information content (AvgIpc) is 2.73. The topological polar surface area (TPSA) is 95.4 Å². The molecule has 1 aliphatic heterocycles. The predicted molar refractivity (Wildman–Crippen MR) is 108 cm³/mol. The first-order valence-corrected chi connectivity index (χ1v) is 9.53. The third-order valence-corrected chi connectivity index (χ3v) is 5.25. The van der Waals surface area contributed by atoms with Crippen molar-refractivity contribution in [1.29, 1.82) is 0 Å². The molecule has 2 heterocycles. The number of alkyl halides is 3. The molecule has 2 aromatic carbocycles. The Bertz CT molecular complexity index is 1190. The number of hydrogen-bond acceptors (Lipinski definition) is 6. The SMILES string of the molecule is O=c1[nH]c(CN2CCN(c3ccc([N+](=O)[O-])c(C(F)(F)F)c3)CC2)nc2ccccc12. The molecule has 0 aliphatic carbocycles. The number of piperazine rings is 1. The van der Waals surface area contributed by atoms with Gasteiger partial charge in [-0.1, -0.05) is 12.1 Å². The van der Waals surface area contributed by atoms with Gasteiger partial charge >= 0.3 is 6.18 Å². The third-order valence-electron chi connectivity index (χ3n) is 5.25. The lowest BCUT2D eigenvalue weighted by Gasteiger charge is -2.36. The van der Waals surface area contributed by atoms with Crippen molar-refractivity contribution in [3.05, 3.63) is 74.3 Å². The van der Waals surface area contributed by atoms with Crippen LogP contribution in [0.25, 0.3) is 10.9 Å². The van der Waals surface area contributed by atoms with Gasteiger partial charge in [-0.2, -0.15) is 13.2 Å². The van der Waals surface area contributed by atoms with Crippen LogP contribution in [0, 0.1) is 10.1 Å². The lowest BCUT2D eigenvalue weighted by atomic mass is 10.1. The van der Waals surface area contributed by atoms with E-state index in [0.29, 0.717) is 49.5 Å². The highest BCUT2D eigenvalue weighted by atomic mass is 19.4. The number of nitro benzene ring substituents is 1. The molecule has 0 spiro atoms. The van der Waals surface area contributed by atoms with Crippen molar-refractivity contribution in [2.75, 3.05) is 31.1 Å². The van der Waals surface area contributed by atoms with E-state index in [0.717, 1.165) is 12.1 Å². The van der Waals surface area contributed by atoms with Crippen molar-refractivity contribution in [3.8, 4) is 0 Å². The zero-order valence-electron chi connectivity index (χ0n) is 16.2. The van der Waals surface area contributed by atoms with E-state index in [2.05, 4.69) is 9.97 Å². The van der Waals surface area contributed by atoms with E-state index in [1.54, 1.807) is 29.2 Å². The van der Waals surface area contributed by atoms with Crippen molar-refractivity contribution < 1.29 is 18.1 Å². The fraction of sp³-hybridized carbons (Fsp3) is 0.300. The minimum atomic E-state index is -4.81. The van der Waals surface area contributed by atoms with Crippen LogP contribution < -0.4 is 10.5 Å². The monoisotopic (exact) mass is 433 g/mol. The largest absolute Gasteiger partial charge is 0.423 e. The molecule has 0 bridgehead atoms. The first kappa shape index (κ1) is 20.8. The van der Waals surface area contributed by atoms with Gasteiger partial charge in [0, 0.05) is 37.9 Å². The van der Waals surface area contributed by atoms with E-state index < -0.39 is 22.4 Å². The van der Waals surface area contributed by atoms with Crippen LogP contribution in [0.3, 0.4) is 0 Å². The van der Waals surface area contributed by atoms with Crippen LogP contribution in [0.5, 0.6) is 0 Å². The van der Waals surface area contributed by atoms with Crippen LogP contribution in [-0.4, -0.2) is 46.0 Å². The van der Waals surface area contributed by atoms with Gasteiger partial charge in [0.25, 0.3) is 11.2 Å². The second kappa shape index (κ2) is 7.99. The second-order valence-electron chi connectivity index (χ2n) is 7.25. The number of nitrogens with one attached hydrogen (secondary N) is 1. The molecule has 0 radical (unpaired) electrons. The number of aromatic amines is 1. The molecular formula is C20H18F3N5O3. The zero-order chi connectivity index (χ0) is 22.2. The van der Waals surface area contributed by atoms with Crippen LogP contribution in [-0.2, 0) is 12.7 Å². The van der Waals surface area contributed by atoms with E-state index in [-0.39, 0.29) is 11.2 Å². The van der Waals surface area contributed by atoms with Crippen molar-refractivity contribution in [1.82, 2.24) is 14.9 Å². The summed E-state index contributed by atoms with van der Waals surface area (Å²) in [6.07, 6.45) is -4.81. The first-order chi connectivity index (χ1) is 14.7. The summed E-state index contributed by atoms with van der Waals surface area (Å²) >= 11 is 0. The Morgan fingerprint density at radius 2 is 1.81 bits per heavy atom. The molecule has 3 aromatic rings. The number of H-pyrrole nitrogens is 1. The first-order valence-electron chi connectivity index (χ1n) is 9.53. The molecule has 31 heavy (non-hydrogen) atoms. The number of hydrogen-bond donors (Lipinski definition) is 1. The Labute approximate surface area is 174 Å². The highest BCUT2D eigenvalue weighted by Crippen LogP contribution is 2.38. The maximum Gasteiger partial charge on any atom is 0.423 e. The summed E-state index contributed by atoms with van der Waals surface area (Å²) in [7, 11) is 0. The Kier molecular flexibility index (Phi) is 5.36. The molecule has 0 amide bonds. The van der Waals surface area contributed by atoms with E-state index in [4.69, 9.17) is 0 Å². The summed E-state index contributed by atoms with van der Waals surface area (Å²) < 4.78 is 39.7. The van der Waals surface area contributed by atoms with Crippen LogP contribution in [0.2, 0.25) is 0 Å². The van der Waals surface area contributed by atoms with Gasteiger partial charge in [-0.15, -0.1) is 0 Å². The molecule has 1 fully saturated rings. The fourth-order valence-corrected chi connectivity index (χ4v) is 3.69. The van der Waals surface area contributed by atoms with Gasteiger partial charge < -0.3 is 9.88 Å². The third kappa shape index (κ3) is 4.36. The van der Waals surface area contributed by atoms with Gasteiger partial charge in [-0.05, 0) is 24.3 Å². The number of aromatic nitrogens is 2. The summed E-state index contributed by atoms with van der Waals surface area (Å²) in [6.45, 7) is 2.35.